The van der Waals surface area contributed by atoms with E-state index in [9.17, 15) is 4.79 Å². The molecule has 0 aliphatic carbocycles. The summed E-state index contributed by atoms with van der Waals surface area (Å²) in [6.07, 6.45) is 1.34. The highest BCUT2D eigenvalue weighted by atomic mass is 16.5. The maximum absolute atomic E-state index is 12.6. The average molecular weight is 373 g/mol. The van der Waals surface area contributed by atoms with E-state index in [0.717, 1.165) is 29.4 Å². The Morgan fingerprint density at radius 1 is 0.893 bits per heavy atom. The number of benzene rings is 3. The van der Waals surface area contributed by atoms with Crippen LogP contribution in [0.1, 0.15) is 5.56 Å². The molecule has 0 atom stereocenters. The third-order valence-corrected chi connectivity index (χ3v) is 5.18. The number of anilines is 1. The summed E-state index contributed by atoms with van der Waals surface area (Å²) in [4.78, 5) is 16.8. The maximum atomic E-state index is 12.6. The number of para-hydroxylation sites is 1. The lowest BCUT2D eigenvalue weighted by Crippen LogP contribution is -2.50. The molecule has 1 aliphatic heterocycles. The molecular formula is C23H23N3O2. The fourth-order valence-corrected chi connectivity index (χ4v) is 3.63. The van der Waals surface area contributed by atoms with Crippen molar-refractivity contribution in [3.8, 4) is 5.75 Å². The molecule has 1 amide bonds. The van der Waals surface area contributed by atoms with E-state index in [1.807, 2.05) is 59.5 Å². The first-order valence-electron chi connectivity index (χ1n) is 9.49. The van der Waals surface area contributed by atoms with Gasteiger partial charge in [-0.1, -0.05) is 42.5 Å². The summed E-state index contributed by atoms with van der Waals surface area (Å²) in [5.41, 5.74) is 2.04. The molecule has 1 heterocycles. The first kappa shape index (κ1) is 18.0. The van der Waals surface area contributed by atoms with E-state index in [-0.39, 0.29) is 12.5 Å². The van der Waals surface area contributed by atoms with Crippen molar-refractivity contribution in [2.75, 3.05) is 37.7 Å². The van der Waals surface area contributed by atoms with Crippen LogP contribution in [0.2, 0.25) is 0 Å². The number of rotatable bonds is 5. The summed E-state index contributed by atoms with van der Waals surface area (Å²) in [7, 11) is 0. The van der Waals surface area contributed by atoms with Crippen molar-refractivity contribution in [1.29, 1.82) is 5.41 Å². The molecule has 3 aromatic carbocycles. The van der Waals surface area contributed by atoms with Crippen LogP contribution in [0.3, 0.4) is 0 Å². The van der Waals surface area contributed by atoms with Gasteiger partial charge in [0.25, 0.3) is 5.91 Å². The summed E-state index contributed by atoms with van der Waals surface area (Å²) in [6.45, 7) is 3.08. The number of carbonyl (C=O) groups excluding carboxylic acids is 1. The molecule has 1 aliphatic rings. The van der Waals surface area contributed by atoms with Crippen LogP contribution in [0.4, 0.5) is 5.69 Å². The molecule has 3 aromatic rings. The third-order valence-electron chi connectivity index (χ3n) is 5.18. The second-order valence-electron chi connectivity index (χ2n) is 6.83. The van der Waals surface area contributed by atoms with Gasteiger partial charge in [-0.05, 0) is 29.7 Å². The minimum Gasteiger partial charge on any atom is -0.483 e. The van der Waals surface area contributed by atoms with Crippen molar-refractivity contribution >= 4 is 28.6 Å². The SMILES string of the molecule is N=Cc1ccc(OCC(=O)N2CCN(c3ccccc3)CC2)c2ccccc12. The summed E-state index contributed by atoms with van der Waals surface area (Å²) < 4.78 is 5.87. The Hall–Kier alpha value is -3.34. The van der Waals surface area contributed by atoms with Gasteiger partial charge in [-0.25, -0.2) is 0 Å². The number of fused-ring (bicyclic) bond motifs is 1. The number of amides is 1. The molecule has 1 N–H and O–H groups in total. The van der Waals surface area contributed by atoms with E-state index >= 15 is 0 Å². The molecule has 142 valence electrons. The molecule has 0 aromatic heterocycles. The summed E-state index contributed by atoms with van der Waals surface area (Å²) in [5, 5.41) is 9.43. The highest BCUT2D eigenvalue weighted by molar-refractivity contribution is 6.01. The highest BCUT2D eigenvalue weighted by Crippen LogP contribution is 2.28. The lowest BCUT2D eigenvalue weighted by atomic mass is 10.0. The van der Waals surface area contributed by atoms with Gasteiger partial charge in [-0.2, -0.15) is 0 Å². The van der Waals surface area contributed by atoms with Gasteiger partial charge < -0.3 is 19.9 Å². The minimum atomic E-state index is 0.00734. The van der Waals surface area contributed by atoms with E-state index in [4.69, 9.17) is 10.1 Å². The molecule has 0 spiro atoms. The van der Waals surface area contributed by atoms with E-state index in [1.165, 1.54) is 11.9 Å². The quantitative estimate of drug-likeness (QED) is 0.696. The zero-order valence-corrected chi connectivity index (χ0v) is 15.7. The molecule has 4 rings (SSSR count). The Kier molecular flexibility index (Phi) is 5.24. The van der Waals surface area contributed by atoms with Crippen LogP contribution in [0.25, 0.3) is 10.8 Å². The molecule has 5 nitrogen and oxygen atoms in total. The summed E-state index contributed by atoms with van der Waals surface area (Å²) >= 11 is 0. The Bertz CT molecular complexity index is 980. The van der Waals surface area contributed by atoms with Gasteiger partial charge in [-0.15, -0.1) is 0 Å². The fraction of sp³-hybridized carbons (Fsp3) is 0.217. The standard InChI is InChI=1S/C23H23N3O2/c24-16-18-10-11-22(21-9-5-4-8-20(18)21)28-17-23(27)26-14-12-25(13-15-26)19-6-2-1-3-7-19/h1-11,16,24H,12-15,17H2. The smallest absolute Gasteiger partial charge is 0.260 e. The van der Waals surface area contributed by atoms with Crippen molar-refractivity contribution in [3.05, 3.63) is 72.3 Å². The zero-order valence-electron chi connectivity index (χ0n) is 15.7. The lowest BCUT2D eigenvalue weighted by molar-refractivity contribution is -0.133. The van der Waals surface area contributed by atoms with Gasteiger partial charge in [0.1, 0.15) is 5.75 Å². The highest BCUT2D eigenvalue weighted by Gasteiger charge is 2.21. The van der Waals surface area contributed by atoms with Gasteiger partial charge in [0.05, 0.1) is 0 Å². The van der Waals surface area contributed by atoms with Crippen molar-refractivity contribution < 1.29 is 9.53 Å². The monoisotopic (exact) mass is 373 g/mol. The van der Waals surface area contributed by atoms with Gasteiger partial charge in [0, 0.05) is 49.0 Å². The number of piperazine rings is 1. The van der Waals surface area contributed by atoms with Crippen LogP contribution in [-0.2, 0) is 4.79 Å². The van der Waals surface area contributed by atoms with E-state index in [0.29, 0.717) is 18.8 Å². The lowest BCUT2D eigenvalue weighted by Gasteiger charge is -2.36. The predicted molar refractivity (Wildman–Crippen MR) is 113 cm³/mol. The van der Waals surface area contributed by atoms with Gasteiger partial charge in [0.2, 0.25) is 0 Å². The minimum absolute atomic E-state index is 0.00734. The topological polar surface area (TPSA) is 56.6 Å². The van der Waals surface area contributed by atoms with E-state index < -0.39 is 0 Å². The largest absolute Gasteiger partial charge is 0.483 e. The number of ether oxygens (including phenoxy) is 1. The van der Waals surface area contributed by atoms with E-state index in [1.54, 1.807) is 0 Å². The van der Waals surface area contributed by atoms with Gasteiger partial charge >= 0.3 is 0 Å². The van der Waals surface area contributed by atoms with Crippen LogP contribution in [-0.4, -0.2) is 49.8 Å². The second kappa shape index (κ2) is 8.13. The van der Waals surface area contributed by atoms with E-state index in [2.05, 4.69) is 17.0 Å². The molecule has 28 heavy (non-hydrogen) atoms. The zero-order chi connectivity index (χ0) is 19.3. The Labute approximate surface area is 164 Å². The molecule has 0 saturated carbocycles. The summed E-state index contributed by atoms with van der Waals surface area (Å²) in [6, 6.07) is 21.8. The number of nitrogens with zero attached hydrogens (tertiary/aromatic N) is 2. The first-order chi connectivity index (χ1) is 13.8. The van der Waals surface area contributed by atoms with Gasteiger partial charge in [-0.3, -0.25) is 4.79 Å². The average Bonchev–Trinajstić information content (AvgIpc) is 2.78. The van der Waals surface area contributed by atoms with Crippen molar-refractivity contribution in [1.82, 2.24) is 4.90 Å². The number of hydrogen-bond donors (Lipinski definition) is 1. The molecule has 1 fully saturated rings. The van der Waals surface area contributed by atoms with Crippen LogP contribution in [0.15, 0.2) is 66.7 Å². The maximum Gasteiger partial charge on any atom is 0.260 e. The van der Waals surface area contributed by atoms with Crippen molar-refractivity contribution in [2.45, 2.75) is 0 Å². The molecular weight excluding hydrogens is 350 g/mol. The Morgan fingerprint density at radius 2 is 1.57 bits per heavy atom. The first-order valence-corrected chi connectivity index (χ1v) is 9.49. The normalized spacial score (nSPS) is 14.1. The Morgan fingerprint density at radius 3 is 2.29 bits per heavy atom. The van der Waals surface area contributed by atoms with Crippen molar-refractivity contribution in [2.24, 2.45) is 0 Å². The second-order valence-corrected chi connectivity index (χ2v) is 6.83. The summed E-state index contributed by atoms with van der Waals surface area (Å²) in [5.74, 6) is 0.686. The predicted octanol–water partition coefficient (Wildman–Crippen LogP) is 3.57. The van der Waals surface area contributed by atoms with Crippen molar-refractivity contribution in [3.63, 3.8) is 0 Å². The molecule has 0 bridgehead atoms. The van der Waals surface area contributed by atoms with Crippen LogP contribution in [0.5, 0.6) is 5.75 Å². The molecule has 1 saturated heterocycles. The van der Waals surface area contributed by atoms with Gasteiger partial charge in [0.15, 0.2) is 6.61 Å². The van der Waals surface area contributed by atoms with Crippen LogP contribution >= 0.6 is 0 Å². The number of carbonyl (C=O) groups is 1. The van der Waals surface area contributed by atoms with Crippen LogP contribution < -0.4 is 9.64 Å². The Balaban J connectivity index is 1.38. The molecule has 5 heteroatoms. The third kappa shape index (κ3) is 3.69. The fourth-order valence-electron chi connectivity index (χ4n) is 3.63. The number of hydrogen-bond acceptors (Lipinski definition) is 4. The number of nitrogens with one attached hydrogen (secondary N) is 1. The van der Waals surface area contributed by atoms with Crippen LogP contribution in [0, 0.1) is 5.41 Å². The molecule has 0 radical (unpaired) electrons. The molecule has 0 unspecified atom stereocenters.